The molecule has 0 radical (unpaired) electrons. The van der Waals surface area contributed by atoms with Gasteiger partial charge in [-0.3, -0.25) is 14.5 Å². The lowest BCUT2D eigenvalue weighted by molar-refractivity contribution is -0.122. The fraction of sp³-hybridized carbons (Fsp3) is 0.250. The Morgan fingerprint density at radius 2 is 1.77 bits per heavy atom. The third-order valence-corrected chi connectivity index (χ3v) is 4.19. The molecule has 6 heteroatoms. The van der Waals surface area contributed by atoms with E-state index in [2.05, 4.69) is 15.4 Å². The molecule has 0 bridgehead atoms. The lowest BCUT2D eigenvalue weighted by Gasteiger charge is -2.20. The van der Waals surface area contributed by atoms with E-state index in [9.17, 15) is 4.79 Å². The first-order valence-corrected chi connectivity index (χ1v) is 8.41. The van der Waals surface area contributed by atoms with Gasteiger partial charge in [0.25, 0.3) is 0 Å². The predicted octanol–water partition coefficient (Wildman–Crippen LogP) is 2.81. The van der Waals surface area contributed by atoms with Crippen molar-refractivity contribution in [3.63, 3.8) is 0 Å². The van der Waals surface area contributed by atoms with Crippen LogP contribution in [-0.2, 0) is 11.3 Å². The van der Waals surface area contributed by atoms with E-state index in [1.165, 1.54) is 0 Å². The van der Waals surface area contributed by atoms with E-state index < -0.39 is 0 Å². The smallest absolute Gasteiger partial charge is 0.242 e. The summed E-state index contributed by atoms with van der Waals surface area (Å²) in [7, 11) is 1.63. The summed E-state index contributed by atoms with van der Waals surface area (Å²) in [5.74, 6) is 0.671. The number of nitrogens with one attached hydrogen (secondary N) is 1. The molecule has 2 aromatic heterocycles. The molecule has 1 atom stereocenters. The van der Waals surface area contributed by atoms with Crippen LogP contribution in [0.5, 0.6) is 5.75 Å². The normalized spacial score (nSPS) is 11.8. The van der Waals surface area contributed by atoms with Crippen LogP contribution in [0.25, 0.3) is 0 Å². The van der Waals surface area contributed by atoms with Crippen molar-refractivity contribution in [1.82, 2.24) is 20.1 Å². The molecule has 1 aromatic carbocycles. The van der Waals surface area contributed by atoms with Crippen LogP contribution in [-0.4, -0.2) is 27.8 Å². The molecule has 0 aliphatic carbocycles. The van der Waals surface area contributed by atoms with E-state index >= 15 is 0 Å². The highest BCUT2D eigenvalue weighted by Gasteiger charge is 2.18. The molecule has 3 aromatic rings. The fourth-order valence-electron chi connectivity index (χ4n) is 2.89. The summed E-state index contributed by atoms with van der Waals surface area (Å²) < 4.78 is 6.93. The second-order valence-electron chi connectivity index (χ2n) is 6.14. The van der Waals surface area contributed by atoms with Gasteiger partial charge < -0.3 is 10.1 Å². The maximum atomic E-state index is 12.6. The number of carbonyl (C=O) groups excluding carboxylic acids is 1. The Morgan fingerprint density at radius 1 is 1.12 bits per heavy atom. The largest absolute Gasteiger partial charge is 0.497 e. The number of aromatic nitrogens is 3. The minimum atomic E-state index is -0.270. The first-order valence-electron chi connectivity index (χ1n) is 8.41. The number of rotatable bonds is 6. The molecular formula is C20H22N4O2. The predicted molar refractivity (Wildman–Crippen MR) is 98.9 cm³/mol. The van der Waals surface area contributed by atoms with Crippen LogP contribution in [0.2, 0.25) is 0 Å². The third kappa shape index (κ3) is 4.08. The first kappa shape index (κ1) is 17.7. The molecule has 0 spiro atoms. The van der Waals surface area contributed by atoms with Crippen molar-refractivity contribution in [3.05, 3.63) is 77.4 Å². The van der Waals surface area contributed by atoms with Gasteiger partial charge in [0, 0.05) is 18.1 Å². The zero-order valence-corrected chi connectivity index (χ0v) is 15.1. The van der Waals surface area contributed by atoms with Crippen LogP contribution in [0, 0.1) is 13.8 Å². The molecule has 0 aliphatic heterocycles. The molecule has 1 unspecified atom stereocenters. The number of aryl methyl sites for hydroxylation is 2. The van der Waals surface area contributed by atoms with Crippen molar-refractivity contribution in [2.45, 2.75) is 26.4 Å². The second-order valence-corrected chi connectivity index (χ2v) is 6.14. The number of amides is 1. The van der Waals surface area contributed by atoms with Gasteiger partial charge in [0.2, 0.25) is 5.91 Å². The number of carbonyl (C=O) groups is 1. The lowest BCUT2D eigenvalue weighted by atomic mass is 9.99. The van der Waals surface area contributed by atoms with Crippen LogP contribution in [0.1, 0.15) is 28.6 Å². The van der Waals surface area contributed by atoms with E-state index in [0.29, 0.717) is 0 Å². The first-order chi connectivity index (χ1) is 12.6. The SMILES string of the molecule is COc1ccc(C(NC(=O)Cn2nc(C)cc2C)c2ccncc2)cc1. The Labute approximate surface area is 152 Å². The topological polar surface area (TPSA) is 69.0 Å². The van der Waals surface area contributed by atoms with Crippen molar-refractivity contribution in [2.24, 2.45) is 0 Å². The highest BCUT2D eigenvalue weighted by molar-refractivity contribution is 5.76. The monoisotopic (exact) mass is 350 g/mol. The van der Waals surface area contributed by atoms with Gasteiger partial charge in [0.1, 0.15) is 12.3 Å². The van der Waals surface area contributed by atoms with Crippen LogP contribution >= 0.6 is 0 Å². The Morgan fingerprint density at radius 3 is 2.35 bits per heavy atom. The molecule has 3 rings (SSSR count). The van der Waals surface area contributed by atoms with Gasteiger partial charge in [-0.15, -0.1) is 0 Å². The van der Waals surface area contributed by atoms with Crippen LogP contribution < -0.4 is 10.1 Å². The minimum Gasteiger partial charge on any atom is -0.497 e. The maximum absolute atomic E-state index is 12.6. The van der Waals surface area contributed by atoms with E-state index in [-0.39, 0.29) is 18.5 Å². The summed E-state index contributed by atoms with van der Waals surface area (Å²) >= 11 is 0. The Hall–Kier alpha value is -3.15. The van der Waals surface area contributed by atoms with E-state index in [1.54, 1.807) is 24.2 Å². The van der Waals surface area contributed by atoms with Crippen LogP contribution in [0.3, 0.4) is 0 Å². The summed E-state index contributed by atoms with van der Waals surface area (Å²) in [6.45, 7) is 4.03. The molecule has 2 heterocycles. The molecule has 6 nitrogen and oxygen atoms in total. The quantitative estimate of drug-likeness (QED) is 0.742. The average molecular weight is 350 g/mol. The van der Waals surface area contributed by atoms with Gasteiger partial charge >= 0.3 is 0 Å². The van der Waals surface area contributed by atoms with Gasteiger partial charge in [-0.05, 0) is 55.3 Å². The maximum Gasteiger partial charge on any atom is 0.242 e. The number of hydrogen-bond donors (Lipinski definition) is 1. The van der Waals surface area contributed by atoms with Gasteiger partial charge in [0.15, 0.2) is 0 Å². The number of ether oxygens (including phenoxy) is 1. The molecule has 134 valence electrons. The molecule has 1 amide bonds. The minimum absolute atomic E-state index is 0.103. The molecule has 0 saturated carbocycles. The second kappa shape index (κ2) is 7.82. The van der Waals surface area contributed by atoms with Crippen molar-refractivity contribution < 1.29 is 9.53 Å². The Bertz CT molecular complexity index is 873. The standard InChI is InChI=1S/C20H22N4O2/c1-14-12-15(2)24(23-14)13-19(25)22-20(17-8-10-21-11-9-17)16-4-6-18(26-3)7-5-16/h4-12,20H,13H2,1-3H3,(H,22,25). The lowest BCUT2D eigenvalue weighted by Crippen LogP contribution is -2.32. The Balaban J connectivity index is 1.83. The van der Waals surface area contributed by atoms with Crippen molar-refractivity contribution in [3.8, 4) is 5.75 Å². The van der Waals surface area contributed by atoms with E-state index in [0.717, 1.165) is 28.3 Å². The van der Waals surface area contributed by atoms with Crippen molar-refractivity contribution in [1.29, 1.82) is 0 Å². The highest BCUT2D eigenvalue weighted by atomic mass is 16.5. The van der Waals surface area contributed by atoms with Crippen LogP contribution in [0.4, 0.5) is 0 Å². The van der Waals surface area contributed by atoms with E-state index in [4.69, 9.17) is 4.74 Å². The summed E-state index contributed by atoms with van der Waals surface area (Å²) in [5.41, 5.74) is 3.80. The van der Waals surface area contributed by atoms with Crippen molar-refractivity contribution in [2.75, 3.05) is 7.11 Å². The molecule has 0 saturated heterocycles. The molecule has 1 N–H and O–H groups in total. The van der Waals surface area contributed by atoms with Crippen molar-refractivity contribution >= 4 is 5.91 Å². The third-order valence-electron chi connectivity index (χ3n) is 4.19. The summed E-state index contributed by atoms with van der Waals surface area (Å²) in [5, 5.41) is 7.46. The zero-order valence-electron chi connectivity index (χ0n) is 15.1. The van der Waals surface area contributed by atoms with Gasteiger partial charge in [-0.25, -0.2) is 0 Å². The number of hydrogen-bond acceptors (Lipinski definition) is 4. The molecule has 26 heavy (non-hydrogen) atoms. The van der Waals surface area contributed by atoms with Gasteiger partial charge in [0.05, 0.1) is 18.8 Å². The van der Waals surface area contributed by atoms with Crippen LogP contribution in [0.15, 0.2) is 54.9 Å². The van der Waals surface area contributed by atoms with Gasteiger partial charge in [-0.2, -0.15) is 5.10 Å². The number of benzene rings is 1. The summed E-state index contributed by atoms with van der Waals surface area (Å²) in [6.07, 6.45) is 3.44. The average Bonchev–Trinajstić information content (AvgIpc) is 2.97. The van der Waals surface area contributed by atoms with Gasteiger partial charge in [-0.1, -0.05) is 12.1 Å². The summed E-state index contributed by atoms with van der Waals surface area (Å²) in [6, 6.07) is 13.2. The number of pyridine rings is 1. The molecular weight excluding hydrogens is 328 g/mol. The van der Waals surface area contributed by atoms with E-state index in [1.807, 2.05) is 56.3 Å². The molecule has 0 aliphatic rings. The fourth-order valence-corrected chi connectivity index (χ4v) is 2.89. The molecule has 0 fully saturated rings. The zero-order chi connectivity index (χ0) is 18.5. The summed E-state index contributed by atoms with van der Waals surface area (Å²) in [4.78, 5) is 16.7. The number of methoxy groups -OCH3 is 1. The number of nitrogens with zero attached hydrogens (tertiary/aromatic N) is 3. The Kier molecular flexibility index (Phi) is 5.31. The highest BCUT2D eigenvalue weighted by Crippen LogP contribution is 2.24.